The average molecular weight is 387 g/mol. The van der Waals surface area contributed by atoms with Crippen molar-refractivity contribution >= 4 is 35.5 Å². The van der Waals surface area contributed by atoms with Crippen molar-refractivity contribution in [2.75, 3.05) is 31.5 Å². The molecule has 0 saturated carbocycles. The van der Waals surface area contributed by atoms with E-state index >= 15 is 0 Å². The first-order valence-corrected chi connectivity index (χ1v) is 8.89. The standard InChI is InChI=1S/C19H19ClN4O3/c1-13-14(20)4-2-5-15(13)22-18(26)16-6-3-7-17(21-16)19(27)24-10-8-23(12-25)9-11-24/h2-7,12H,8-11H2,1H3,(H,22,26). The highest BCUT2D eigenvalue weighted by atomic mass is 35.5. The molecule has 1 aromatic heterocycles. The minimum atomic E-state index is -0.416. The molecule has 1 N–H and O–H groups in total. The van der Waals surface area contributed by atoms with Gasteiger partial charge in [-0.25, -0.2) is 4.98 Å². The molecule has 1 fully saturated rings. The van der Waals surface area contributed by atoms with Gasteiger partial charge in [0, 0.05) is 36.9 Å². The number of nitrogens with zero attached hydrogens (tertiary/aromatic N) is 3. The lowest BCUT2D eigenvalue weighted by Gasteiger charge is -2.32. The molecule has 0 radical (unpaired) electrons. The fourth-order valence-electron chi connectivity index (χ4n) is 2.80. The monoisotopic (exact) mass is 386 g/mol. The predicted octanol–water partition coefficient (Wildman–Crippen LogP) is 2.21. The summed E-state index contributed by atoms with van der Waals surface area (Å²) in [5.41, 5.74) is 1.69. The lowest BCUT2D eigenvalue weighted by Crippen LogP contribution is -2.48. The molecule has 7 nitrogen and oxygen atoms in total. The van der Waals surface area contributed by atoms with Crippen LogP contribution in [0.5, 0.6) is 0 Å². The second-order valence-corrected chi connectivity index (χ2v) is 6.62. The van der Waals surface area contributed by atoms with E-state index < -0.39 is 5.91 Å². The van der Waals surface area contributed by atoms with Crippen molar-refractivity contribution in [2.24, 2.45) is 0 Å². The Kier molecular flexibility index (Phi) is 5.71. The van der Waals surface area contributed by atoms with Crippen LogP contribution in [0, 0.1) is 6.92 Å². The highest BCUT2D eigenvalue weighted by Gasteiger charge is 2.23. The van der Waals surface area contributed by atoms with Crippen molar-refractivity contribution in [3.05, 3.63) is 58.4 Å². The van der Waals surface area contributed by atoms with Gasteiger partial charge in [0.05, 0.1) is 0 Å². The van der Waals surface area contributed by atoms with Crippen LogP contribution >= 0.6 is 11.6 Å². The zero-order chi connectivity index (χ0) is 19.4. The second kappa shape index (κ2) is 8.18. The number of halogens is 1. The van der Waals surface area contributed by atoms with E-state index in [-0.39, 0.29) is 17.3 Å². The number of hydrogen-bond acceptors (Lipinski definition) is 4. The van der Waals surface area contributed by atoms with Crippen LogP contribution in [0.2, 0.25) is 5.02 Å². The van der Waals surface area contributed by atoms with Gasteiger partial charge in [0.15, 0.2) is 0 Å². The summed E-state index contributed by atoms with van der Waals surface area (Å²) in [5, 5.41) is 3.32. The Morgan fingerprint density at radius 3 is 2.44 bits per heavy atom. The number of hydrogen-bond donors (Lipinski definition) is 1. The highest BCUT2D eigenvalue weighted by molar-refractivity contribution is 6.31. The molecule has 1 aromatic carbocycles. The fourth-order valence-corrected chi connectivity index (χ4v) is 2.98. The van der Waals surface area contributed by atoms with E-state index in [1.165, 1.54) is 0 Å². The summed E-state index contributed by atoms with van der Waals surface area (Å²) in [6.45, 7) is 3.67. The number of nitrogens with one attached hydrogen (secondary N) is 1. The van der Waals surface area contributed by atoms with Crippen LogP contribution in [0.1, 0.15) is 26.5 Å². The van der Waals surface area contributed by atoms with Crippen molar-refractivity contribution < 1.29 is 14.4 Å². The SMILES string of the molecule is Cc1c(Cl)cccc1NC(=O)c1cccc(C(=O)N2CCN(C=O)CC2)n1. The van der Waals surface area contributed by atoms with Crippen LogP contribution in [-0.2, 0) is 4.79 Å². The molecule has 0 atom stereocenters. The molecule has 3 amide bonds. The number of rotatable bonds is 4. The first-order valence-electron chi connectivity index (χ1n) is 8.51. The van der Waals surface area contributed by atoms with Crippen molar-refractivity contribution in [1.29, 1.82) is 0 Å². The van der Waals surface area contributed by atoms with Gasteiger partial charge in [0.1, 0.15) is 11.4 Å². The molecular weight excluding hydrogens is 368 g/mol. The molecule has 2 aromatic rings. The van der Waals surface area contributed by atoms with Gasteiger partial charge in [-0.15, -0.1) is 0 Å². The Balaban J connectivity index is 1.73. The average Bonchev–Trinajstić information content (AvgIpc) is 2.71. The molecular formula is C19H19ClN4O3. The summed E-state index contributed by atoms with van der Waals surface area (Å²) in [6.07, 6.45) is 0.781. The summed E-state index contributed by atoms with van der Waals surface area (Å²) in [6, 6.07) is 10.0. The normalized spacial score (nSPS) is 14.0. The number of pyridine rings is 1. The molecule has 3 rings (SSSR count). The van der Waals surface area contributed by atoms with Gasteiger partial charge in [0.25, 0.3) is 11.8 Å². The highest BCUT2D eigenvalue weighted by Crippen LogP contribution is 2.23. The van der Waals surface area contributed by atoms with E-state index in [9.17, 15) is 14.4 Å². The van der Waals surface area contributed by atoms with Crippen LogP contribution in [0.4, 0.5) is 5.69 Å². The third kappa shape index (κ3) is 4.25. The Hall–Kier alpha value is -2.93. The number of piperazine rings is 1. The lowest BCUT2D eigenvalue weighted by molar-refractivity contribution is -0.119. The minimum Gasteiger partial charge on any atom is -0.342 e. The molecule has 140 valence electrons. The second-order valence-electron chi connectivity index (χ2n) is 6.21. The zero-order valence-electron chi connectivity index (χ0n) is 14.8. The zero-order valence-corrected chi connectivity index (χ0v) is 15.6. The number of carbonyl (C=O) groups excluding carboxylic acids is 3. The topological polar surface area (TPSA) is 82.6 Å². The summed E-state index contributed by atoms with van der Waals surface area (Å²) in [4.78, 5) is 43.4. The number of amides is 3. The first kappa shape index (κ1) is 18.8. The maximum absolute atomic E-state index is 12.6. The van der Waals surface area contributed by atoms with Crippen LogP contribution in [0.3, 0.4) is 0 Å². The van der Waals surface area contributed by atoms with E-state index in [1.54, 1.807) is 46.2 Å². The molecule has 1 saturated heterocycles. The molecule has 0 bridgehead atoms. The fraction of sp³-hybridized carbons (Fsp3) is 0.263. The lowest BCUT2D eigenvalue weighted by atomic mass is 10.2. The molecule has 0 spiro atoms. The van der Waals surface area contributed by atoms with Crippen molar-refractivity contribution in [2.45, 2.75) is 6.92 Å². The quantitative estimate of drug-likeness (QED) is 0.817. The molecule has 0 unspecified atom stereocenters. The van der Waals surface area contributed by atoms with Gasteiger partial charge in [-0.05, 0) is 36.8 Å². The van der Waals surface area contributed by atoms with Crippen LogP contribution in [-0.4, -0.2) is 59.2 Å². The maximum Gasteiger partial charge on any atom is 0.274 e. The summed E-state index contributed by atoms with van der Waals surface area (Å²) in [5.74, 6) is -0.671. The molecule has 27 heavy (non-hydrogen) atoms. The van der Waals surface area contributed by atoms with Crippen LogP contribution in [0.25, 0.3) is 0 Å². The van der Waals surface area contributed by atoms with E-state index in [0.717, 1.165) is 12.0 Å². The molecule has 2 heterocycles. The van der Waals surface area contributed by atoms with Gasteiger partial charge in [-0.2, -0.15) is 0 Å². The van der Waals surface area contributed by atoms with Crippen LogP contribution in [0.15, 0.2) is 36.4 Å². The maximum atomic E-state index is 12.6. The third-order valence-corrected chi connectivity index (χ3v) is 4.88. The predicted molar refractivity (Wildman–Crippen MR) is 102 cm³/mol. The van der Waals surface area contributed by atoms with Crippen LogP contribution < -0.4 is 5.32 Å². The Morgan fingerprint density at radius 1 is 1.07 bits per heavy atom. The van der Waals surface area contributed by atoms with Crippen molar-refractivity contribution in [1.82, 2.24) is 14.8 Å². The van der Waals surface area contributed by atoms with E-state index in [0.29, 0.717) is 36.9 Å². The van der Waals surface area contributed by atoms with Gasteiger partial charge < -0.3 is 15.1 Å². The molecule has 8 heteroatoms. The molecule has 1 aliphatic heterocycles. The number of anilines is 1. The van der Waals surface area contributed by atoms with Gasteiger partial charge in [-0.1, -0.05) is 23.7 Å². The minimum absolute atomic E-state index is 0.145. The molecule has 1 aliphatic rings. The number of carbonyl (C=O) groups is 3. The van der Waals surface area contributed by atoms with E-state index in [4.69, 9.17) is 11.6 Å². The van der Waals surface area contributed by atoms with Gasteiger partial charge in [-0.3, -0.25) is 14.4 Å². The Morgan fingerprint density at radius 2 is 1.74 bits per heavy atom. The Labute approximate surface area is 161 Å². The van der Waals surface area contributed by atoms with Crippen molar-refractivity contribution in [3.8, 4) is 0 Å². The molecule has 0 aliphatic carbocycles. The van der Waals surface area contributed by atoms with Gasteiger partial charge in [0.2, 0.25) is 6.41 Å². The summed E-state index contributed by atoms with van der Waals surface area (Å²) in [7, 11) is 0. The van der Waals surface area contributed by atoms with E-state index in [2.05, 4.69) is 10.3 Å². The first-order chi connectivity index (χ1) is 13.0. The Bertz CT molecular complexity index is 879. The third-order valence-electron chi connectivity index (χ3n) is 4.47. The van der Waals surface area contributed by atoms with Crippen molar-refractivity contribution in [3.63, 3.8) is 0 Å². The smallest absolute Gasteiger partial charge is 0.274 e. The summed E-state index contributed by atoms with van der Waals surface area (Å²) < 4.78 is 0. The number of aromatic nitrogens is 1. The number of benzene rings is 1. The largest absolute Gasteiger partial charge is 0.342 e. The van der Waals surface area contributed by atoms with E-state index in [1.807, 2.05) is 6.92 Å². The summed E-state index contributed by atoms with van der Waals surface area (Å²) >= 11 is 6.07. The van der Waals surface area contributed by atoms with Gasteiger partial charge >= 0.3 is 0 Å².